The molecule has 7 heteroatoms. The summed E-state index contributed by atoms with van der Waals surface area (Å²) in [5.74, 6) is -0.688. The van der Waals surface area contributed by atoms with Crippen molar-refractivity contribution < 1.29 is 15.1 Å². The zero-order chi connectivity index (χ0) is 18.8. The van der Waals surface area contributed by atoms with Crippen LogP contribution in [0.5, 0.6) is 5.75 Å². The summed E-state index contributed by atoms with van der Waals surface area (Å²) in [5.41, 5.74) is 7.19. The number of nitrogens with two attached hydrogens (primary N) is 1. The number of halogens is 1. The van der Waals surface area contributed by atoms with Crippen molar-refractivity contribution in [2.75, 3.05) is 5.32 Å². The average Bonchev–Trinajstić information content (AvgIpc) is 2.55. The van der Waals surface area contributed by atoms with Crippen molar-refractivity contribution in [1.29, 1.82) is 0 Å². The van der Waals surface area contributed by atoms with Gasteiger partial charge in [-0.1, -0.05) is 43.6 Å². The molecule has 0 radical (unpaired) electrons. The number of carbonyl (C=O) groups is 1. The molecule has 0 saturated heterocycles. The second-order valence-electron chi connectivity index (χ2n) is 6.62. The first-order chi connectivity index (χ1) is 11.6. The summed E-state index contributed by atoms with van der Waals surface area (Å²) in [6.07, 6.45) is 0. The van der Waals surface area contributed by atoms with E-state index in [0.29, 0.717) is 11.3 Å². The fourth-order valence-electron chi connectivity index (χ4n) is 2.21. The topological polar surface area (TPSA) is 108 Å². The van der Waals surface area contributed by atoms with E-state index in [4.69, 9.17) is 22.5 Å². The fraction of sp³-hybridized carbons (Fsp3) is 0.222. The Balaban J connectivity index is 2.31. The standard InChI is InChI=1S/C18H20ClN3O3/c1-18(2,3)11-5-7-15(23)12(9-11)17(24)21-14-6-4-10(8-13(14)19)16(20)22-25/h4-9,23,25H,1-3H3,(H2,20,22)(H,21,24). The SMILES string of the molecule is CC(C)(C)c1ccc(O)c(C(=O)Nc2ccc(/C(N)=N\O)cc2Cl)c1. The van der Waals surface area contributed by atoms with E-state index in [-0.39, 0.29) is 27.6 Å². The number of nitrogens with zero attached hydrogens (tertiary/aromatic N) is 1. The third kappa shape index (κ3) is 4.22. The van der Waals surface area contributed by atoms with Gasteiger partial charge < -0.3 is 21.4 Å². The van der Waals surface area contributed by atoms with Gasteiger partial charge in [0.1, 0.15) is 5.75 Å². The van der Waals surface area contributed by atoms with E-state index < -0.39 is 5.91 Å². The first-order valence-electron chi connectivity index (χ1n) is 7.56. The molecule has 1 amide bonds. The predicted molar refractivity (Wildman–Crippen MR) is 98.7 cm³/mol. The van der Waals surface area contributed by atoms with Crippen LogP contribution in [0.25, 0.3) is 0 Å². The monoisotopic (exact) mass is 361 g/mol. The van der Waals surface area contributed by atoms with E-state index in [1.165, 1.54) is 18.2 Å². The Morgan fingerprint density at radius 1 is 1.20 bits per heavy atom. The second kappa shape index (κ2) is 7.03. The number of nitrogens with one attached hydrogen (secondary N) is 1. The smallest absolute Gasteiger partial charge is 0.259 e. The van der Waals surface area contributed by atoms with Crippen molar-refractivity contribution in [3.8, 4) is 5.75 Å². The molecule has 0 aliphatic carbocycles. The van der Waals surface area contributed by atoms with E-state index in [0.717, 1.165) is 5.56 Å². The van der Waals surface area contributed by atoms with Crippen LogP contribution in [-0.4, -0.2) is 22.1 Å². The minimum Gasteiger partial charge on any atom is -0.507 e. The highest BCUT2D eigenvalue weighted by Crippen LogP contribution is 2.29. The zero-order valence-electron chi connectivity index (χ0n) is 14.2. The highest BCUT2D eigenvalue weighted by Gasteiger charge is 2.19. The normalized spacial score (nSPS) is 12.1. The van der Waals surface area contributed by atoms with Crippen LogP contribution >= 0.6 is 11.6 Å². The molecule has 25 heavy (non-hydrogen) atoms. The maximum absolute atomic E-state index is 12.5. The second-order valence-corrected chi connectivity index (χ2v) is 7.02. The number of rotatable bonds is 3. The molecule has 2 rings (SSSR count). The number of amidine groups is 1. The molecule has 0 aliphatic rings. The van der Waals surface area contributed by atoms with Gasteiger partial charge in [-0.25, -0.2) is 0 Å². The van der Waals surface area contributed by atoms with Gasteiger partial charge in [0.25, 0.3) is 5.91 Å². The Hall–Kier alpha value is -2.73. The number of phenolic OH excluding ortho intramolecular Hbond substituents is 1. The molecule has 5 N–H and O–H groups in total. The Morgan fingerprint density at radius 2 is 1.88 bits per heavy atom. The van der Waals surface area contributed by atoms with Crippen molar-refractivity contribution in [1.82, 2.24) is 0 Å². The van der Waals surface area contributed by atoms with Crippen molar-refractivity contribution in [3.05, 3.63) is 58.1 Å². The molecule has 6 nitrogen and oxygen atoms in total. The summed E-state index contributed by atoms with van der Waals surface area (Å²) in [6.45, 7) is 6.05. The molecular formula is C18H20ClN3O3. The Labute approximate surface area is 150 Å². The molecule has 0 atom stereocenters. The Morgan fingerprint density at radius 3 is 2.44 bits per heavy atom. The van der Waals surface area contributed by atoms with Crippen LogP contribution in [0.15, 0.2) is 41.6 Å². The zero-order valence-corrected chi connectivity index (χ0v) is 14.9. The van der Waals surface area contributed by atoms with Gasteiger partial charge in [0.2, 0.25) is 0 Å². The third-order valence-electron chi connectivity index (χ3n) is 3.73. The van der Waals surface area contributed by atoms with Gasteiger partial charge in [0.05, 0.1) is 16.3 Å². The van der Waals surface area contributed by atoms with Gasteiger partial charge in [-0.15, -0.1) is 0 Å². The number of carbonyl (C=O) groups excluding carboxylic acids is 1. The van der Waals surface area contributed by atoms with Crippen molar-refractivity contribution in [2.24, 2.45) is 10.9 Å². The maximum atomic E-state index is 12.5. The molecule has 0 unspecified atom stereocenters. The van der Waals surface area contributed by atoms with Crippen LogP contribution in [0.3, 0.4) is 0 Å². The lowest BCUT2D eigenvalue weighted by molar-refractivity contribution is 0.102. The van der Waals surface area contributed by atoms with Crippen LogP contribution in [0.1, 0.15) is 42.3 Å². The van der Waals surface area contributed by atoms with E-state index in [9.17, 15) is 9.90 Å². The van der Waals surface area contributed by atoms with Crippen LogP contribution in [0.4, 0.5) is 5.69 Å². The molecule has 0 fully saturated rings. The van der Waals surface area contributed by atoms with Crippen molar-refractivity contribution in [3.63, 3.8) is 0 Å². The number of phenols is 1. The molecular weight excluding hydrogens is 342 g/mol. The lowest BCUT2D eigenvalue weighted by atomic mass is 9.86. The number of amides is 1. The van der Waals surface area contributed by atoms with Gasteiger partial charge in [0, 0.05) is 5.56 Å². The summed E-state index contributed by atoms with van der Waals surface area (Å²) >= 11 is 6.14. The molecule has 132 valence electrons. The maximum Gasteiger partial charge on any atom is 0.259 e. The molecule has 0 bridgehead atoms. The molecule has 0 saturated carbocycles. The van der Waals surface area contributed by atoms with Crippen LogP contribution in [0, 0.1) is 0 Å². The number of hydrogen-bond donors (Lipinski definition) is 4. The highest BCUT2D eigenvalue weighted by molar-refractivity contribution is 6.34. The summed E-state index contributed by atoms with van der Waals surface area (Å²) in [5, 5.41) is 24.5. The molecule has 0 aliphatic heterocycles. The van der Waals surface area contributed by atoms with E-state index in [2.05, 4.69) is 10.5 Å². The molecule has 2 aromatic rings. The van der Waals surface area contributed by atoms with Gasteiger partial charge in [-0.05, 0) is 41.3 Å². The minimum absolute atomic E-state index is 0.0877. The largest absolute Gasteiger partial charge is 0.507 e. The number of oxime groups is 1. The van der Waals surface area contributed by atoms with E-state index in [1.54, 1.807) is 18.2 Å². The van der Waals surface area contributed by atoms with Gasteiger partial charge >= 0.3 is 0 Å². The number of benzene rings is 2. The summed E-state index contributed by atoms with van der Waals surface area (Å²) in [7, 11) is 0. The lowest BCUT2D eigenvalue weighted by Gasteiger charge is -2.20. The third-order valence-corrected chi connectivity index (χ3v) is 4.04. The van der Waals surface area contributed by atoms with E-state index in [1.807, 2.05) is 20.8 Å². The van der Waals surface area contributed by atoms with Crippen LogP contribution in [-0.2, 0) is 5.41 Å². The lowest BCUT2D eigenvalue weighted by Crippen LogP contribution is -2.17. The number of hydrogen-bond acceptors (Lipinski definition) is 4. The quantitative estimate of drug-likeness (QED) is 0.289. The highest BCUT2D eigenvalue weighted by atomic mass is 35.5. The van der Waals surface area contributed by atoms with Crippen LogP contribution in [0.2, 0.25) is 5.02 Å². The first kappa shape index (κ1) is 18.6. The molecule has 0 heterocycles. The van der Waals surface area contributed by atoms with Crippen molar-refractivity contribution in [2.45, 2.75) is 26.2 Å². The minimum atomic E-state index is -0.484. The first-order valence-corrected chi connectivity index (χ1v) is 7.93. The Kier molecular flexibility index (Phi) is 5.23. The summed E-state index contributed by atoms with van der Waals surface area (Å²) in [6, 6.07) is 9.50. The average molecular weight is 362 g/mol. The van der Waals surface area contributed by atoms with Crippen LogP contribution < -0.4 is 11.1 Å². The molecule has 2 aromatic carbocycles. The van der Waals surface area contributed by atoms with Gasteiger partial charge in [-0.2, -0.15) is 0 Å². The van der Waals surface area contributed by atoms with Gasteiger partial charge in [0.15, 0.2) is 5.84 Å². The number of aromatic hydroxyl groups is 1. The fourth-order valence-corrected chi connectivity index (χ4v) is 2.44. The van der Waals surface area contributed by atoms with E-state index >= 15 is 0 Å². The number of anilines is 1. The van der Waals surface area contributed by atoms with Crippen molar-refractivity contribution >= 4 is 29.0 Å². The molecule has 0 aromatic heterocycles. The summed E-state index contributed by atoms with van der Waals surface area (Å²) in [4.78, 5) is 12.5. The predicted octanol–water partition coefficient (Wildman–Crippen LogP) is 3.69. The Bertz CT molecular complexity index is 842. The van der Waals surface area contributed by atoms with Gasteiger partial charge in [-0.3, -0.25) is 4.79 Å². The summed E-state index contributed by atoms with van der Waals surface area (Å²) < 4.78 is 0. The molecule has 0 spiro atoms.